The first-order valence-electron chi connectivity index (χ1n) is 8.25. The van der Waals surface area contributed by atoms with E-state index in [1.807, 2.05) is 25.3 Å². The van der Waals surface area contributed by atoms with Gasteiger partial charge in [0.2, 0.25) is 0 Å². The van der Waals surface area contributed by atoms with Gasteiger partial charge in [-0.25, -0.2) is 4.98 Å². The van der Waals surface area contributed by atoms with Crippen molar-refractivity contribution in [2.75, 3.05) is 12.4 Å². The van der Waals surface area contributed by atoms with Crippen LogP contribution in [0.4, 0.5) is 0 Å². The number of nitrogens with zero attached hydrogens (tertiary/aromatic N) is 2. The van der Waals surface area contributed by atoms with Crippen molar-refractivity contribution in [1.82, 2.24) is 9.55 Å². The molecule has 0 radical (unpaired) electrons. The molecule has 2 aromatic rings. The molecule has 0 N–H and O–H groups in total. The van der Waals surface area contributed by atoms with Gasteiger partial charge in [-0.3, -0.25) is 9.36 Å². The standard InChI is InChI=1S/C17H24N2O2S2/c1-10(2)19-16(20)14-11(3)12(4)23-15(14)18-17(19)22-9-13-7-5-6-8-21-13/h10,13H,5-9H2,1-4H3/t13-/m1/s1. The lowest BCUT2D eigenvalue weighted by molar-refractivity contribution is 0.0315. The summed E-state index contributed by atoms with van der Waals surface area (Å²) in [4.78, 5) is 19.8. The Morgan fingerprint density at radius 1 is 1.39 bits per heavy atom. The summed E-state index contributed by atoms with van der Waals surface area (Å²) in [6, 6.07) is 0.105. The van der Waals surface area contributed by atoms with E-state index < -0.39 is 0 Å². The molecule has 3 rings (SSSR count). The number of fused-ring (bicyclic) bond motifs is 1. The summed E-state index contributed by atoms with van der Waals surface area (Å²) in [5.74, 6) is 0.869. The second-order valence-corrected chi connectivity index (χ2v) is 8.62. The molecule has 0 unspecified atom stereocenters. The lowest BCUT2D eigenvalue weighted by Crippen LogP contribution is -2.26. The normalized spacial score (nSPS) is 18.9. The van der Waals surface area contributed by atoms with Crippen molar-refractivity contribution in [2.45, 2.75) is 64.3 Å². The number of thioether (sulfide) groups is 1. The first-order valence-corrected chi connectivity index (χ1v) is 10.1. The highest BCUT2D eigenvalue weighted by molar-refractivity contribution is 7.99. The lowest BCUT2D eigenvalue weighted by Gasteiger charge is -2.23. The van der Waals surface area contributed by atoms with Gasteiger partial charge in [-0.15, -0.1) is 11.3 Å². The number of hydrogen-bond acceptors (Lipinski definition) is 5. The fourth-order valence-electron chi connectivity index (χ4n) is 2.95. The van der Waals surface area contributed by atoms with Crippen LogP contribution in [0.3, 0.4) is 0 Å². The first-order chi connectivity index (χ1) is 11.0. The van der Waals surface area contributed by atoms with Gasteiger partial charge in [0.1, 0.15) is 4.83 Å². The molecule has 126 valence electrons. The molecule has 23 heavy (non-hydrogen) atoms. The molecule has 0 aromatic carbocycles. The Bertz CT molecular complexity index is 758. The van der Waals surface area contributed by atoms with Gasteiger partial charge in [0.05, 0.1) is 11.5 Å². The molecule has 1 aliphatic heterocycles. The zero-order chi connectivity index (χ0) is 16.6. The molecule has 1 atom stereocenters. The maximum Gasteiger partial charge on any atom is 0.263 e. The Kier molecular flexibility index (Phi) is 5.13. The summed E-state index contributed by atoms with van der Waals surface area (Å²) in [6.07, 6.45) is 3.79. The molecule has 0 spiro atoms. The van der Waals surface area contributed by atoms with Crippen LogP contribution >= 0.6 is 23.1 Å². The molecule has 0 bridgehead atoms. The van der Waals surface area contributed by atoms with Gasteiger partial charge in [0, 0.05) is 23.3 Å². The largest absolute Gasteiger partial charge is 0.377 e. The average Bonchev–Trinajstić information content (AvgIpc) is 2.80. The van der Waals surface area contributed by atoms with Gasteiger partial charge in [0.15, 0.2) is 5.16 Å². The van der Waals surface area contributed by atoms with Crippen molar-refractivity contribution in [2.24, 2.45) is 0 Å². The van der Waals surface area contributed by atoms with E-state index in [2.05, 4.69) is 6.92 Å². The van der Waals surface area contributed by atoms with Crippen LogP contribution in [-0.2, 0) is 4.74 Å². The van der Waals surface area contributed by atoms with E-state index in [1.54, 1.807) is 23.1 Å². The molecule has 2 aromatic heterocycles. The molecule has 0 saturated carbocycles. The number of aryl methyl sites for hydroxylation is 2. The zero-order valence-corrected chi connectivity index (χ0v) is 15.9. The van der Waals surface area contributed by atoms with E-state index in [9.17, 15) is 4.79 Å². The van der Waals surface area contributed by atoms with Gasteiger partial charge >= 0.3 is 0 Å². The van der Waals surface area contributed by atoms with Crippen LogP contribution in [0.2, 0.25) is 0 Å². The van der Waals surface area contributed by atoms with Gasteiger partial charge in [-0.05, 0) is 52.5 Å². The van der Waals surface area contributed by atoms with Crippen molar-refractivity contribution >= 4 is 33.3 Å². The van der Waals surface area contributed by atoms with Gasteiger partial charge in [-0.1, -0.05) is 11.8 Å². The Morgan fingerprint density at radius 2 is 2.17 bits per heavy atom. The van der Waals surface area contributed by atoms with Crippen LogP contribution in [0.25, 0.3) is 10.2 Å². The minimum atomic E-state index is 0.0962. The molecular weight excluding hydrogens is 328 g/mol. The number of thiophene rings is 1. The third kappa shape index (κ3) is 3.35. The SMILES string of the molecule is Cc1sc2nc(SC[C@H]3CCCCO3)n(C(C)C)c(=O)c2c1C. The quantitative estimate of drug-likeness (QED) is 0.607. The van der Waals surface area contributed by atoms with Crippen molar-refractivity contribution in [3.8, 4) is 0 Å². The smallest absolute Gasteiger partial charge is 0.263 e. The second kappa shape index (κ2) is 6.95. The monoisotopic (exact) mass is 352 g/mol. The summed E-state index contributed by atoms with van der Waals surface area (Å²) >= 11 is 3.28. The maximum absolute atomic E-state index is 13.0. The summed E-state index contributed by atoms with van der Waals surface area (Å²) in [5.41, 5.74) is 1.17. The Labute approximate surface area is 145 Å². The fourth-order valence-corrected chi connectivity index (χ4v) is 5.22. The molecule has 0 amide bonds. The highest BCUT2D eigenvalue weighted by Crippen LogP contribution is 2.30. The minimum absolute atomic E-state index is 0.0962. The maximum atomic E-state index is 13.0. The fraction of sp³-hybridized carbons (Fsp3) is 0.647. The molecule has 0 aliphatic carbocycles. The molecule has 3 heterocycles. The molecule has 6 heteroatoms. The topological polar surface area (TPSA) is 44.1 Å². The lowest BCUT2D eigenvalue weighted by atomic mass is 10.1. The molecule has 4 nitrogen and oxygen atoms in total. The van der Waals surface area contributed by atoms with E-state index in [0.717, 1.165) is 46.1 Å². The summed E-state index contributed by atoms with van der Waals surface area (Å²) in [6.45, 7) is 9.03. The van der Waals surface area contributed by atoms with Crippen LogP contribution in [0.15, 0.2) is 9.95 Å². The summed E-state index contributed by atoms with van der Waals surface area (Å²) in [5, 5.41) is 1.62. The van der Waals surface area contributed by atoms with E-state index in [-0.39, 0.29) is 17.7 Å². The van der Waals surface area contributed by atoms with Crippen molar-refractivity contribution < 1.29 is 4.74 Å². The highest BCUT2D eigenvalue weighted by Gasteiger charge is 2.20. The van der Waals surface area contributed by atoms with Crippen molar-refractivity contribution in [3.05, 3.63) is 20.8 Å². The van der Waals surface area contributed by atoms with Gasteiger partial charge in [0.25, 0.3) is 5.56 Å². The second-order valence-electron chi connectivity index (χ2n) is 6.43. The van der Waals surface area contributed by atoms with Crippen LogP contribution in [0.1, 0.15) is 49.6 Å². The highest BCUT2D eigenvalue weighted by atomic mass is 32.2. The van der Waals surface area contributed by atoms with E-state index >= 15 is 0 Å². The van der Waals surface area contributed by atoms with E-state index in [1.165, 1.54) is 11.3 Å². The molecule has 1 fully saturated rings. The predicted octanol–water partition coefficient (Wildman–Crippen LogP) is 4.32. The third-order valence-corrected chi connectivity index (χ3v) is 6.58. The molecule has 1 aliphatic rings. The Balaban J connectivity index is 1.97. The Morgan fingerprint density at radius 3 is 2.83 bits per heavy atom. The minimum Gasteiger partial charge on any atom is -0.377 e. The first kappa shape index (κ1) is 17.0. The number of hydrogen-bond donors (Lipinski definition) is 0. The predicted molar refractivity (Wildman–Crippen MR) is 98.1 cm³/mol. The average molecular weight is 353 g/mol. The zero-order valence-electron chi connectivity index (χ0n) is 14.2. The van der Waals surface area contributed by atoms with E-state index in [4.69, 9.17) is 9.72 Å². The van der Waals surface area contributed by atoms with Crippen LogP contribution in [0, 0.1) is 13.8 Å². The van der Waals surface area contributed by atoms with Crippen molar-refractivity contribution in [1.29, 1.82) is 0 Å². The van der Waals surface area contributed by atoms with Crippen molar-refractivity contribution in [3.63, 3.8) is 0 Å². The Hall–Kier alpha value is -0.850. The molecule has 1 saturated heterocycles. The van der Waals surface area contributed by atoms with Crippen LogP contribution in [0.5, 0.6) is 0 Å². The number of aromatic nitrogens is 2. The number of ether oxygens (including phenoxy) is 1. The van der Waals surface area contributed by atoms with Gasteiger partial charge in [-0.2, -0.15) is 0 Å². The third-order valence-electron chi connectivity index (χ3n) is 4.39. The summed E-state index contributed by atoms with van der Waals surface area (Å²) < 4.78 is 7.65. The van der Waals surface area contributed by atoms with Crippen LogP contribution < -0.4 is 5.56 Å². The van der Waals surface area contributed by atoms with Gasteiger partial charge < -0.3 is 4.74 Å². The van der Waals surface area contributed by atoms with E-state index in [0.29, 0.717) is 0 Å². The molecular formula is C17H24N2O2S2. The number of rotatable bonds is 4. The van der Waals surface area contributed by atoms with Crippen LogP contribution in [-0.4, -0.2) is 28.0 Å². The summed E-state index contributed by atoms with van der Waals surface area (Å²) in [7, 11) is 0.